The van der Waals surface area contributed by atoms with Gasteiger partial charge in [-0.15, -0.1) is 0 Å². The lowest BCUT2D eigenvalue weighted by Gasteiger charge is -2.18. The molecule has 0 aromatic heterocycles. The van der Waals surface area contributed by atoms with Crippen molar-refractivity contribution in [3.63, 3.8) is 0 Å². The Morgan fingerprint density at radius 1 is 0.288 bits per heavy atom. The first-order valence-electron chi connectivity index (χ1n) is 30.7. The first-order valence-corrected chi connectivity index (χ1v) is 30.7. The molecule has 6 nitrogen and oxygen atoms in total. The maximum atomic E-state index is 12.9. The Labute approximate surface area is 451 Å². The number of esters is 3. The fraction of sp³-hybridized carbons (Fsp3) is 0.716. The smallest absolute Gasteiger partial charge is 0.306 e. The molecular formula is C67H114O6. The summed E-state index contributed by atoms with van der Waals surface area (Å²) in [5.41, 5.74) is 0. The number of hydrogen-bond donors (Lipinski definition) is 0. The summed E-state index contributed by atoms with van der Waals surface area (Å²) in [6.45, 7) is 6.47. The van der Waals surface area contributed by atoms with Crippen molar-refractivity contribution >= 4 is 17.9 Å². The van der Waals surface area contributed by atoms with Gasteiger partial charge in [-0.05, 0) is 116 Å². The first kappa shape index (κ1) is 69.3. The van der Waals surface area contributed by atoms with E-state index in [0.717, 1.165) is 83.5 Å². The number of allylic oxidation sites excluding steroid dienone is 16. The standard InChI is InChI=1S/C67H114O6/c1-4-7-10-13-16-19-22-25-28-31-33-36-39-42-45-48-51-54-57-60-66(69)72-63-64(62-71-65(68)59-56-53-50-47-44-41-38-35-30-27-24-21-18-15-12-9-6-3)73-67(70)61-58-55-52-49-46-43-40-37-34-32-29-26-23-20-17-14-11-8-5-2/h9,12,16,18-19,21,25-30,38,41,47,50,64H,4-8,10-11,13-15,17,20,22-24,31-37,39-40,42-46,48-49,51-63H2,1-3H3/b12-9-,19-16-,21-18-,28-25-,29-26-,30-27-,41-38-,50-47-/t64-/m1/s1. The lowest BCUT2D eigenvalue weighted by atomic mass is 10.1. The topological polar surface area (TPSA) is 78.9 Å². The van der Waals surface area contributed by atoms with Crippen LogP contribution in [0, 0.1) is 0 Å². The summed E-state index contributed by atoms with van der Waals surface area (Å²) in [6.07, 6.45) is 81.2. The average molecular weight is 1020 g/mol. The van der Waals surface area contributed by atoms with Gasteiger partial charge in [-0.25, -0.2) is 0 Å². The highest BCUT2D eigenvalue weighted by Gasteiger charge is 2.19. The molecule has 73 heavy (non-hydrogen) atoms. The number of hydrogen-bond acceptors (Lipinski definition) is 6. The predicted octanol–water partition coefficient (Wildman–Crippen LogP) is 20.9. The fourth-order valence-corrected chi connectivity index (χ4v) is 8.44. The third-order valence-corrected chi connectivity index (χ3v) is 13.0. The maximum Gasteiger partial charge on any atom is 0.306 e. The van der Waals surface area contributed by atoms with Crippen molar-refractivity contribution in [1.82, 2.24) is 0 Å². The molecule has 0 aromatic carbocycles. The normalized spacial score (nSPS) is 12.8. The quantitative estimate of drug-likeness (QED) is 0.0261. The van der Waals surface area contributed by atoms with E-state index >= 15 is 0 Å². The van der Waals surface area contributed by atoms with Crippen LogP contribution in [0.5, 0.6) is 0 Å². The molecule has 0 unspecified atom stereocenters. The van der Waals surface area contributed by atoms with Crippen LogP contribution in [0.2, 0.25) is 0 Å². The molecule has 0 N–H and O–H groups in total. The van der Waals surface area contributed by atoms with Crippen molar-refractivity contribution in [3.8, 4) is 0 Å². The molecule has 0 fully saturated rings. The van der Waals surface area contributed by atoms with Gasteiger partial charge in [0, 0.05) is 19.3 Å². The van der Waals surface area contributed by atoms with Crippen LogP contribution in [0.3, 0.4) is 0 Å². The second-order valence-corrected chi connectivity index (χ2v) is 20.2. The molecule has 0 aliphatic heterocycles. The first-order chi connectivity index (χ1) is 36.0. The molecule has 0 aliphatic rings. The zero-order valence-corrected chi connectivity index (χ0v) is 47.9. The predicted molar refractivity (Wildman–Crippen MR) is 316 cm³/mol. The molecule has 0 spiro atoms. The van der Waals surface area contributed by atoms with Crippen molar-refractivity contribution in [2.24, 2.45) is 0 Å². The minimum absolute atomic E-state index is 0.0979. The highest BCUT2D eigenvalue weighted by molar-refractivity contribution is 5.71. The summed E-state index contributed by atoms with van der Waals surface area (Å²) in [7, 11) is 0. The van der Waals surface area contributed by atoms with Gasteiger partial charge >= 0.3 is 17.9 Å². The summed E-state index contributed by atoms with van der Waals surface area (Å²) < 4.78 is 16.9. The van der Waals surface area contributed by atoms with E-state index in [2.05, 4.69) is 118 Å². The monoisotopic (exact) mass is 1010 g/mol. The van der Waals surface area contributed by atoms with Crippen molar-refractivity contribution in [2.45, 2.75) is 297 Å². The van der Waals surface area contributed by atoms with E-state index < -0.39 is 6.10 Å². The van der Waals surface area contributed by atoms with E-state index in [0.29, 0.717) is 19.3 Å². The van der Waals surface area contributed by atoms with E-state index in [4.69, 9.17) is 14.2 Å². The van der Waals surface area contributed by atoms with E-state index in [-0.39, 0.29) is 37.5 Å². The highest BCUT2D eigenvalue weighted by Crippen LogP contribution is 2.15. The summed E-state index contributed by atoms with van der Waals surface area (Å²) >= 11 is 0. The Morgan fingerprint density at radius 3 is 0.932 bits per heavy atom. The van der Waals surface area contributed by atoms with Crippen LogP contribution in [0.15, 0.2) is 97.2 Å². The van der Waals surface area contributed by atoms with Gasteiger partial charge in [0.2, 0.25) is 0 Å². The molecule has 418 valence electrons. The molecule has 0 aromatic rings. The largest absolute Gasteiger partial charge is 0.462 e. The van der Waals surface area contributed by atoms with Crippen LogP contribution in [0.25, 0.3) is 0 Å². The molecule has 0 radical (unpaired) electrons. The number of carbonyl (C=O) groups is 3. The van der Waals surface area contributed by atoms with Crippen LogP contribution >= 0.6 is 0 Å². The van der Waals surface area contributed by atoms with E-state index in [1.165, 1.54) is 161 Å². The summed E-state index contributed by atoms with van der Waals surface area (Å²) in [5.74, 6) is -0.957. The lowest BCUT2D eigenvalue weighted by Crippen LogP contribution is -2.30. The third kappa shape index (κ3) is 59.1. The van der Waals surface area contributed by atoms with Crippen molar-refractivity contribution in [1.29, 1.82) is 0 Å². The van der Waals surface area contributed by atoms with Crippen LogP contribution in [-0.2, 0) is 28.6 Å². The van der Waals surface area contributed by atoms with Gasteiger partial charge < -0.3 is 14.2 Å². The molecule has 0 bridgehead atoms. The highest BCUT2D eigenvalue weighted by atomic mass is 16.6. The number of ether oxygens (including phenoxy) is 3. The zero-order chi connectivity index (χ0) is 52.9. The van der Waals surface area contributed by atoms with Crippen LogP contribution in [0.1, 0.15) is 290 Å². The second kappa shape index (κ2) is 60.9. The molecule has 6 heteroatoms. The molecule has 0 heterocycles. The fourth-order valence-electron chi connectivity index (χ4n) is 8.44. The molecule has 0 saturated heterocycles. The van der Waals surface area contributed by atoms with Gasteiger partial charge in [-0.3, -0.25) is 14.4 Å². The maximum absolute atomic E-state index is 12.9. The van der Waals surface area contributed by atoms with Gasteiger partial charge in [0.05, 0.1) is 0 Å². The summed E-state index contributed by atoms with van der Waals surface area (Å²) in [6, 6.07) is 0. The van der Waals surface area contributed by atoms with Gasteiger partial charge in [0.1, 0.15) is 13.2 Å². The molecule has 1 atom stereocenters. The molecule has 0 rings (SSSR count). The summed E-state index contributed by atoms with van der Waals surface area (Å²) in [4.78, 5) is 38.3. The van der Waals surface area contributed by atoms with Gasteiger partial charge in [0.25, 0.3) is 0 Å². The zero-order valence-electron chi connectivity index (χ0n) is 47.9. The van der Waals surface area contributed by atoms with Crippen molar-refractivity contribution < 1.29 is 28.6 Å². The summed E-state index contributed by atoms with van der Waals surface area (Å²) in [5, 5.41) is 0. The number of unbranched alkanes of at least 4 members (excludes halogenated alkanes) is 28. The SMILES string of the molecule is CC/C=C\C/C=C\C/C=C\C/C=C\C/C=C\CCCC(=O)OC[C@H](COC(=O)CCCCCCCCCCC/C=C\C/C=C\CCCCC)OC(=O)CCCCCCCCCCC/C=C\CCCCCCCC. The Hall–Kier alpha value is -3.67. The number of carbonyl (C=O) groups excluding carboxylic acids is 3. The van der Waals surface area contributed by atoms with Crippen LogP contribution < -0.4 is 0 Å². The minimum atomic E-state index is -0.805. The molecule has 0 saturated carbocycles. The van der Waals surface area contributed by atoms with E-state index in [9.17, 15) is 14.4 Å². The molecular weight excluding hydrogens is 901 g/mol. The van der Waals surface area contributed by atoms with E-state index in [1.54, 1.807) is 0 Å². The van der Waals surface area contributed by atoms with E-state index in [1.807, 2.05) is 0 Å². The Balaban J connectivity index is 4.46. The third-order valence-electron chi connectivity index (χ3n) is 13.0. The Kier molecular flexibility index (Phi) is 57.8. The van der Waals surface area contributed by atoms with Crippen LogP contribution in [-0.4, -0.2) is 37.2 Å². The Morgan fingerprint density at radius 2 is 0.548 bits per heavy atom. The second-order valence-electron chi connectivity index (χ2n) is 20.2. The average Bonchev–Trinajstić information content (AvgIpc) is 3.39. The van der Waals surface area contributed by atoms with Gasteiger partial charge in [-0.2, -0.15) is 0 Å². The van der Waals surface area contributed by atoms with Gasteiger partial charge in [0.15, 0.2) is 6.10 Å². The molecule has 0 aliphatic carbocycles. The van der Waals surface area contributed by atoms with Crippen molar-refractivity contribution in [3.05, 3.63) is 97.2 Å². The Bertz CT molecular complexity index is 1440. The number of rotatable bonds is 55. The van der Waals surface area contributed by atoms with Crippen LogP contribution in [0.4, 0.5) is 0 Å². The van der Waals surface area contributed by atoms with Gasteiger partial charge in [-0.1, -0.05) is 253 Å². The lowest BCUT2D eigenvalue weighted by molar-refractivity contribution is -0.167. The van der Waals surface area contributed by atoms with Crippen molar-refractivity contribution in [2.75, 3.05) is 13.2 Å². The minimum Gasteiger partial charge on any atom is -0.462 e. The molecule has 0 amide bonds.